The van der Waals surface area contributed by atoms with Gasteiger partial charge in [-0.15, -0.1) is 13.2 Å². The van der Waals surface area contributed by atoms with Gasteiger partial charge in [-0.25, -0.2) is 4.98 Å². The number of ether oxygens (including phenoxy) is 2. The minimum absolute atomic E-state index is 0.0650. The fourth-order valence-corrected chi connectivity index (χ4v) is 4.17. The van der Waals surface area contributed by atoms with Crippen LogP contribution >= 0.6 is 0 Å². The van der Waals surface area contributed by atoms with E-state index in [2.05, 4.69) is 19.8 Å². The molecule has 2 aliphatic heterocycles. The summed E-state index contributed by atoms with van der Waals surface area (Å²) < 4.78 is 51.9. The van der Waals surface area contributed by atoms with E-state index in [-0.39, 0.29) is 23.8 Å². The van der Waals surface area contributed by atoms with Crippen LogP contribution in [0.2, 0.25) is 0 Å². The first-order chi connectivity index (χ1) is 17.7. The number of furan rings is 1. The van der Waals surface area contributed by atoms with E-state index < -0.39 is 11.3 Å². The molecule has 1 unspecified atom stereocenters. The van der Waals surface area contributed by atoms with E-state index in [1.54, 1.807) is 6.20 Å². The van der Waals surface area contributed by atoms with Crippen molar-refractivity contribution < 1.29 is 36.8 Å². The number of anilines is 1. The number of aromatic nitrogens is 1. The normalized spacial score (nSPS) is 18.3. The maximum Gasteiger partial charge on any atom is 0.573 e. The zero-order valence-electron chi connectivity index (χ0n) is 19.3. The van der Waals surface area contributed by atoms with Crippen molar-refractivity contribution in [1.82, 2.24) is 4.98 Å². The van der Waals surface area contributed by atoms with Gasteiger partial charge in [-0.3, -0.25) is 10.1 Å². The fraction of sp³-hybridized carbons (Fsp3) is 0.333. The van der Waals surface area contributed by atoms with E-state index >= 15 is 0 Å². The van der Waals surface area contributed by atoms with Crippen molar-refractivity contribution in [3.05, 3.63) is 76.2 Å². The van der Waals surface area contributed by atoms with Crippen LogP contribution < -0.4 is 14.4 Å². The lowest BCUT2D eigenvalue weighted by molar-refractivity contribution is -0.402. The molecule has 0 radical (unpaired) electrons. The number of hydrogen-bond donors (Lipinski definition) is 0. The largest absolute Gasteiger partial charge is 0.573 e. The molecule has 194 valence electrons. The second kappa shape index (κ2) is 9.99. The van der Waals surface area contributed by atoms with Gasteiger partial charge in [-0.1, -0.05) is 5.16 Å². The first-order valence-electron chi connectivity index (χ1n) is 11.4. The quantitative estimate of drug-likeness (QED) is 0.302. The molecule has 37 heavy (non-hydrogen) atoms. The monoisotopic (exact) mass is 518 g/mol. The molecule has 0 N–H and O–H groups in total. The molecule has 0 aliphatic carbocycles. The second-order valence-corrected chi connectivity index (χ2v) is 8.50. The van der Waals surface area contributed by atoms with Crippen LogP contribution in [-0.4, -0.2) is 41.2 Å². The Morgan fingerprint density at radius 2 is 1.76 bits per heavy atom. The zero-order chi connectivity index (χ0) is 26.0. The summed E-state index contributed by atoms with van der Waals surface area (Å²) in [5.74, 6) is 0.943. The zero-order valence-corrected chi connectivity index (χ0v) is 19.3. The average Bonchev–Trinajstić information content (AvgIpc) is 3.55. The van der Waals surface area contributed by atoms with Crippen LogP contribution in [0.1, 0.15) is 36.7 Å². The molecule has 1 aromatic carbocycles. The predicted molar refractivity (Wildman–Crippen MR) is 124 cm³/mol. The Bertz CT molecular complexity index is 1270. The third kappa shape index (κ3) is 5.93. The van der Waals surface area contributed by atoms with Gasteiger partial charge in [0.05, 0.1) is 6.07 Å². The molecule has 2 aromatic heterocycles. The molecule has 1 atom stereocenters. The van der Waals surface area contributed by atoms with Gasteiger partial charge in [0.1, 0.15) is 34.1 Å². The number of pyridine rings is 1. The van der Waals surface area contributed by atoms with Crippen molar-refractivity contribution in [2.24, 2.45) is 5.16 Å². The minimum Gasteiger partial charge on any atom is -0.490 e. The van der Waals surface area contributed by atoms with Crippen molar-refractivity contribution >= 4 is 17.4 Å². The highest BCUT2D eigenvalue weighted by molar-refractivity contribution is 5.99. The highest BCUT2D eigenvalue weighted by atomic mass is 19.4. The highest BCUT2D eigenvalue weighted by Gasteiger charge is 2.31. The Labute approximate surface area is 208 Å². The Morgan fingerprint density at radius 1 is 1.03 bits per heavy atom. The number of halogens is 3. The first kappa shape index (κ1) is 24.4. The number of rotatable bonds is 7. The van der Waals surface area contributed by atoms with Crippen LogP contribution in [0.15, 0.2) is 64.3 Å². The maximum absolute atomic E-state index is 12.3. The summed E-state index contributed by atoms with van der Waals surface area (Å²) in [5, 5.41) is 14.8. The van der Waals surface area contributed by atoms with Gasteiger partial charge < -0.3 is 23.6 Å². The molecule has 0 amide bonds. The summed E-state index contributed by atoms with van der Waals surface area (Å²) in [5.41, 5.74) is 1.31. The standard InChI is InChI=1S/C24H21F3N4O6/c25-24(26,27)36-18-4-2-16(3-5-18)34-17-9-11-30(12-10-17)22-7-1-15(14-28-22)21-13-19(29-37-21)20-6-8-23(35-20)31(32)33/h1-8,14,17,21H,9-13H2. The average molecular weight is 518 g/mol. The van der Waals surface area contributed by atoms with Crippen LogP contribution in [0.4, 0.5) is 24.9 Å². The SMILES string of the molecule is O=[N+]([O-])c1ccc(C2=NOC(c3ccc(N4CCC(Oc5ccc(OC(F)(F)F)cc5)CC4)nc3)C2)o1. The second-order valence-electron chi connectivity index (χ2n) is 8.50. The van der Waals surface area contributed by atoms with Crippen LogP contribution in [0.5, 0.6) is 11.5 Å². The van der Waals surface area contributed by atoms with Crippen LogP contribution in [-0.2, 0) is 4.84 Å². The van der Waals surface area contributed by atoms with Crippen molar-refractivity contribution in [3.8, 4) is 11.5 Å². The molecule has 13 heteroatoms. The summed E-state index contributed by atoms with van der Waals surface area (Å²) in [7, 11) is 0. The van der Waals surface area contributed by atoms with Gasteiger partial charge >= 0.3 is 12.2 Å². The fourth-order valence-electron chi connectivity index (χ4n) is 4.17. The predicted octanol–water partition coefficient (Wildman–Crippen LogP) is 5.39. The van der Waals surface area contributed by atoms with Gasteiger partial charge in [0.15, 0.2) is 11.9 Å². The van der Waals surface area contributed by atoms with Crippen molar-refractivity contribution in [2.45, 2.75) is 37.8 Å². The van der Waals surface area contributed by atoms with Crippen LogP contribution in [0.3, 0.4) is 0 Å². The molecule has 4 heterocycles. The molecule has 10 nitrogen and oxygen atoms in total. The molecule has 1 fully saturated rings. The summed E-state index contributed by atoms with van der Waals surface area (Å²) in [4.78, 5) is 22.4. The Morgan fingerprint density at radius 3 is 2.38 bits per heavy atom. The summed E-state index contributed by atoms with van der Waals surface area (Å²) >= 11 is 0. The first-order valence-corrected chi connectivity index (χ1v) is 11.4. The Balaban J connectivity index is 1.11. The van der Waals surface area contributed by atoms with Crippen LogP contribution in [0.25, 0.3) is 0 Å². The number of nitro groups is 1. The van der Waals surface area contributed by atoms with Gasteiger partial charge in [0, 0.05) is 44.1 Å². The summed E-state index contributed by atoms with van der Waals surface area (Å²) in [6.45, 7) is 1.41. The molecular formula is C24H21F3N4O6. The number of benzene rings is 1. The number of alkyl halides is 3. The van der Waals surface area contributed by atoms with Gasteiger partial charge in [0.2, 0.25) is 0 Å². The summed E-state index contributed by atoms with van der Waals surface area (Å²) in [6.07, 6.45) is -1.59. The number of oxime groups is 1. The molecule has 5 rings (SSSR count). The highest BCUT2D eigenvalue weighted by Crippen LogP contribution is 2.32. The molecule has 0 bridgehead atoms. The molecule has 3 aromatic rings. The molecular weight excluding hydrogens is 497 g/mol. The molecule has 0 spiro atoms. The van der Waals surface area contributed by atoms with Crippen molar-refractivity contribution in [1.29, 1.82) is 0 Å². The molecule has 2 aliphatic rings. The van der Waals surface area contributed by atoms with Gasteiger partial charge in [-0.05, 0) is 42.5 Å². The summed E-state index contributed by atoms with van der Waals surface area (Å²) in [6, 6.07) is 11.9. The van der Waals surface area contributed by atoms with Crippen molar-refractivity contribution in [2.75, 3.05) is 18.0 Å². The van der Waals surface area contributed by atoms with E-state index in [9.17, 15) is 23.3 Å². The Hall–Kier alpha value is -4.29. The number of piperidine rings is 1. The van der Waals surface area contributed by atoms with E-state index in [1.165, 1.54) is 36.4 Å². The lowest BCUT2D eigenvalue weighted by atomic mass is 10.0. The van der Waals surface area contributed by atoms with E-state index in [1.807, 2.05) is 12.1 Å². The van der Waals surface area contributed by atoms with Crippen molar-refractivity contribution in [3.63, 3.8) is 0 Å². The topological polar surface area (TPSA) is 112 Å². The lowest BCUT2D eigenvalue weighted by Gasteiger charge is -2.33. The number of nitrogens with zero attached hydrogens (tertiary/aromatic N) is 4. The smallest absolute Gasteiger partial charge is 0.490 e. The van der Waals surface area contributed by atoms with Crippen LogP contribution in [0, 0.1) is 10.1 Å². The van der Waals surface area contributed by atoms with Gasteiger partial charge in [0.25, 0.3) is 0 Å². The third-order valence-electron chi connectivity index (χ3n) is 5.99. The lowest BCUT2D eigenvalue weighted by Crippen LogP contribution is -2.38. The van der Waals surface area contributed by atoms with Gasteiger partial charge in [-0.2, -0.15) is 0 Å². The van der Waals surface area contributed by atoms with E-state index in [4.69, 9.17) is 14.0 Å². The molecule has 1 saturated heterocycles. The van der Waals surface area contributed by atoms with E-state index in [0.717, 1.165) is 24.2 Å². The third-order valence-corrected chi connectivity index (χ3v) is 5.99. The minimum atomic E-state index is -4.73. The van der Waals surface area contributed by atoms with E-state index in [0.29, 0.717) is 36.7 Å². The maximum atomic E-state index is 12.3. The molecule has 0 saturated carbocycles. The number of hydrogen-bond acceptors (Lipinski definition) is 9. The Kier molecular flexibility index (Phi) is 6.59.